The fraction of sp³-hybridized carbons (Fsp3) is 0.974. The summed E-state index contributed by atoms with van der Waals surface area (Å²) in [5, 5.41) is 64.7. The van der Waals surface area contributed by atoms with Crippen LogP contribution in [0, 0.1) is 0 Å². The molecule has 0 aliphatic carbocycles. The number of aliphatic hydroxyl groups is 6. The van der Waals surface area contributed by atoms with E-state index >= 15 is 0 Å². The molecule has 48 heavy (non-hydrogen) atoms. The van der Waals surface area contributed by atoms with Crippen molar-refractivity contribution in [1.29, 1.82) is 0 Å². The molecular formula is C38H75NO9. The topological polar surface area (TPSA) is 169 Å². The Labute approximate surface area is 292 Å². The number of unbranched alkanes of at least 4 members (excludes halogenated alkanes) is 21. The van der Waals surface area contributed by atoms with Gasteiger partial charge in [-0.05, 0) is 12.8 Å². The van der Waals surface area contributed by atoms with Crippen LogP contribution in [0.15, 0.2) is 0 Å². The number of amides is 1. The number of nitrogens with one attached hydrogen (secondary N) is 1. The highest BCUT2D eigenvalue weighted by Crippen LogP contribution is 2.23. The van der Waals surface area contributed by atoms with Gasteiger partial charge in [0.15, 0.2) is 6.29 Å². The molecule has 0 saturated carbocycles. The summed E-state index contributed by atoms with van der Waals surface area (Å²) < 4.78 is 11.1. The Hall–Kier alpha value is -0.850. The van der Waals surface area contributed by atoms with Crippen molar-refractivity contribution in [2.75, 3.05) is 13.2 Å². The molecule has 2 unspecified atom stereocenters. The molecule has 0 aromatic rings. The van der Waals surface area contributed by atoms with Crippen molar-refractivity contribution in [3.63, 3.8) is 0 Å². The zero-order valence-electron chi connectivity index (χ0n) is 30.6. The van der Waals surface area contributed by atoms with Crippen LogP contribution in [-0.4, -0.2) is 98.7 Å². The standard InChI is InChI=1S/C38H75NO9/c1-3-5-7-9-11-12-13-14-15-16-17-18-19-21-22-24-26-31(41)34(43)30(39-33(42)27-25-23-20-10-8-6-4-2)29-47-38-37(46)36(45)35(44)32(28-40)48-38/h30-32,34-38,40-41,43-46H,3-29H2,1-2H3,(H,39,42)/t30-,31+,32+,34-,35-,36?,37?,38+/m0/s1. The molecule has 0 aromatic heterocycles. The second-order valence-corrected chi connectivity index (χ2v) is 14.2. The number of ether oxygens (including phenoxy) is 2. The van der Waals surface area contributed by atoms with Gasteiger partial charge in [0, 0.05) is 6.42 Å². The van der Waals surface area contributed by atoms with E-state index in [1.807, 2.05) is 0 Å². The largest absolute Gasteiger partial charge is 0.394 e. The number of hydrogen-bond donors (Lipinski definition) is 7. The second-order valence-electron chi connectivity index (χ2n) is 14.2. The SMILES string of the molecule is CCCCCCCCCCCCCCCCCC[C@@H](O)[C@@H](O)[C@H](CO[C@@H]1O[C@H](CO)[C@H](O)C(O)C1O)NC(=O)CCCCCCCCC. The molecule has 286 valence electrons. The molecule has 0 radical (unpaired) electrons. The minimum absolute atomic E-state index is 0.264. The summed E-state index contributed by atoms with van der Waals surface area (Å²) >= 11 is 0. The predicted octanol–water partition coefficient (Wildman–Crippen LogP) is 5.80. The first-order chi connectivity index (χ1) is 23.3. The summed E-state index contributed by atoms with van der Waals surface area (Å²) in [4.78, 5) is 12.8. The Morgan fingerprint density at radius 2 is 1.08 bits per heavy atom. The van der Waals surface area contributed by atoms with E-state index in [9.17, 15) is 35.4 Å². The van der Waals surface area contributed by atoms with Crippen LogP contribution in [0.3, 0.4) is 0 Å². The normalized spacial score (nSPS) is 23.2. The maximum absolute atomic E-state index is 12.8. The summed E-state index contributed by atoms with van der Waals surface area (Å²) in [5.74, 6) is -0.264. The third-order valence-corrected chi connectivity index (χ3v) is 9.80. The van der Waals surface area contributed by atoms with Crippen molar-refractivity contribution < 1.29 is 44.9 Å². The first kappa shape index (κ1) is 45.2. The van der Waals surface area contributed by atoms with Gasteiger partial charge in [-0.1, -0.05) is 155 Å². The van der Waals surface area contributed by atoms with Gasteiger partial charge in [0.05, 0.1) is 25.4 Å². The molecule has 8 atom stereocenters. The van der Waals surface area contributed by atoms with E-state index in [1.54, 1.807) is 0 Å². The number of carbonyl (C=O) groups is 1. The van der Waals surface area contributed by atoms with Crippen molar-refractivity contribution in [3.8, 4) is 0 Å². The van der Waals surface area contributed by atoms with Crippen molar-refractivity contribution in [2.45, 2.75) is 223 Å². The van der Waals surface area contributed by atoms with Gasteiger partial charge in [-0.25, -0.2) is 0 Å². The van der Waals surface area contributed by atoms with Crippen LogP contribution in [-0.2, 0) is 14.3 Å². The Kier molecular flexibility index (Phi) is 28.1. The van der Waals surface area contributed by atoms with E-state index in [2.05, 4.69) is 19.2 Å². The minimum atomic E-state index is -1.60. The number of hydrogen-bond acceptors (Lipinski definition) is 9. The van der Waals surface area contributed by atoms with Crippen LogP contribution in [0.25, 0.3) is 0 Å². The van der Waals surface area contributed by atoms with Gasteiger partial charge in [-0.3, -0.25) is 4.79 Å². The average Bonchev–Trinajstić information content (AvgIpc) is 3.08. The molecule has 1 amide bonds. The molecule has 1 aliphatic rings. The molecule has 7 N–H and O–H groups in total. The summed E-state index contributed by atoms with van der Waals surface area (Å²) in [6, 6.07) is -0.981. The molecular weight excluding hydrogens is 614 g/mol. The lowest BCUT2D eigenvalue weighted by molar-refractivity contribution is -0.303. The lowest BCUT2D eigenvalue weighted by Gasteiger charge is -2.40. The van der Waals surface area contributed by atoms with Gasteiger partial charge in [0.1, 0.15) is 30.5 Å². The Morgan fingerprint density at radius 1 is 0.646 bits per heavy atom. The summed E-state index contributed by atoms with van der Waals surface area (Å²) in [5.41, 5.74) is 0. The van der Waals surface area contributed by atoms with Crippen LogP contribution in [0.1, 0.15) is 174 Å². The smallest absolute Gasteiger partial charge is 0.220 e. The highest BCUT2D eigenvalue weighted by Gasteiger charge is 2.44. The molecule has 1 aliphatic heterocycles. The van der Waals surface area contributed by atoms with Gasteiger partial charge < -0.3 is 45.4 Å². The molecule has 1 rings (SSSR count). The lowest BCUT2D eigenvalue weighted by Crippen LogP contribution is -2.60. The molecule has 10 nitrogen and oxygen atoms in total. The van der Waals surface area contributed by atoms with Crippen LogP contribution < -0.4 is 5.32 Å². The first-order valence-corrected chi connectivity index (χ1v) is 19.8. The third kappa shape index (κ3) is 20.7. The maximum Gasteiger partial charge on any atom is 0.220 e. The zero-order valence-corrected chi connectivity index (χ0v) is 30.6. The van der Waals surface area contributed by atoms with Gasteiger partial charge in [0.25, 0.3) is 0 Å². The van der Waals surface area contributed by atoms with Gasteiger partial charge in [-0.15, -0.1) is 0 Å². The van der Waals surface area contributed by atoms with Crippen LogP contribution in [0.2, 0.25) is 0 Å². The van der Waals surface area contributed by atoms with Crippen molar-refractivity contribution in [2.24, 2.45) is 0 Å². The average molecular weight is 690 g/mol. The van der Waals surface area contributed by atoms with Crippen molar-refractivity contribution in [3.05, 3.63) is 0 Å². The van der Waals surface area contributed by atoms with Crippen LogP contribution >= 0.6 is 0 Å². The quantitative estimate of drug-likeness (QED) is 0.0432. The van der Waals surface area contributed by atoms with E-state index in [1.165, 1.54) is 103 Å². The summed E-state index contributed by atoms with van der Waals surface area (Å²) in [6.45, 7) is 3.54. The molecule has 0 aromatic carbocycles. The Morgan fingerprint density at radius 3 is 1.54 bits per heavy atom. The van der Waals surface area contributed by atoms with E-state index < -0.39 is 55.6 Å². The van der Waals surface area contributed by atoms with E-state index in [0.717, 1.165) is 44.9 Å². The molecule has 0 bridgehead atoms. The van der Waals surface area contributed by atoms with Gasteiger partial charge >= 0.3 is 0 Å². The van der Waals surface area contributed by atoms with Crippen LogP contribution in [0.4, 0.5) is 0 Å². The van der Waals surface area contributed by atoms with Gasteiger partial charge in [0.2, 0.25) is 5.91 Å². The highest BCUT2D eigenvalue weighted by atomic mass is 16.7. The zero-order chi connectivity index (χ0) is 35.4. The maximum atomic E-state index is 12.8. The molecule has 1 saturated heterocycles. The molecule has 10 heteroatoms. The highest BCUT2D eigenvalue weighted by molar-refractivity contribution is 5.76. The summed E-state index contributed by atoms with van der Waals surface area (Å²) in [7, 11) is 0. The van der Waals surface area contributed by atoms with Gasteiger partial charge in [-0.2, -0.15) is 0 Å². The Balaban J connectivity index is 2.41. The summed E-state index contributed by atoms with van der Waals surface area (Å²) in [6.07, 6.45) is 18.5. The minimum Gasteiger partial charge on any atom is -0.394 e. The third-order valence-electron chi connectivity index (χ3n) is 9.80. The number of carbonyl (C=O) groups excluding carboxylic acids is 1. The molecule has 1 fully saturated rings. The number of rotatable bonds is 32. The molecule has 1 heterocycles. The van der Waals surface area contributed by atoms with E-state index in [4.69, 9.17) is 9.47 Å². The first-order valence-electron chi connectivity index (χ1n) is 19.8. The predicted molar refractivity (Wildman–Crippen MR) is 190 cm³/mol. The monoisotopic (exact) mass is 690 g/mol. The number of aliphatic hydroxyl groups excluding tert-OH is 6. The fourth-order valence-corrected chi connectivity index (χ4v) is 6.49. The van der Waals surface area contributed by atoms with E-state index in [-0.39, 0.29) is 18.9 Å². The fourth-order valence-electron chi connectivity index (χ4n) is 6.49. The van der Waals surface area contributed by atoms with Crippen molar-refractivity contribution in [1.82, 2.24) is 5.32 Å². The van der Waals surface area contributed by atoms with Crippen LogP contribution in [0.5, 0.6) is 0 Å². The second kappa shape index (κ2) is 29.8. The Bertz CT molecular complexity index is 743. The molecule has 0 spiro atoms. The van der Waals surface area contributed by atoms with E-state index in [0.29, 0.717) is 6.42 Å². The van der Waals surface area contributed by atoms with Crippen molar-refractivity contribution >= 4 is 5.91 Å². The lowest BCUT2D eigenvalue weighted by atomic mass is 9.98.